The standard InChI is InChI=1S/C11H11NO/c1-8-4-3-5-9(2)11(8)10(6-12)7-13/h3-5,7,10H,1-2H3. The molecule has 2 nitrogen and oxygen atoms in total. The minimum absolute atomic E-state index is 0.624. The highest BCUT2D eigenvalue weighted by molar-refractivity contribution is 5.68. The number of hydrogen-bond donors (Lipinski definition) is 0. The summed E-state index contributed by atoms with van der Waals surface area (Å²) in [6.07, 6.45) is 0.690. The van der Waals surface area contributed by atoms with E-state index in [0.717, 1.165) is 16.7 Å². The number of benzene rings is 1. The molecule has 2 heteroatoms. The third-order valence-corrected chi connectivity index (χ3v) is 2.13. The van der Waals surface area contributed by atoms with Crippen molar-refractivity contribution in [1.29, 1.82) is 5.26 Å². The number of carbonyl (C=O) groups is 1. The average Bonchev–Trinajstić information content (AvgIpc) is 2.11. The highest BCUT2D eigenvalue weighted by Gasteiger charge is 2.13. The average molecular weight is 173 g/mol. The van der Waals surface area contributed by atoms with E-state index in [-0.39, 0.29) is 0 Å². The Balaban J connectivity index is 3.28. The van der Waals surface area contributed by atoms with Crippen LogP contribution in [-0.2, 0) is 4.79 Å². The topological polar surface area (TPSA) is 40.9 Å². The van der Waals surface area contributed by atoms with E-state index in [4.69, 9.17) is 5.26 Å². The van der Waals surface area contributed by atoms with Crippen LogP contribution in [0.25, 0.3) is 0 Å². The van der Waals surface area contributed by atoms with E-state index < -0.39 is 5.92 Å². The van der Waals surface area contributed by atoms with Gasteiger partial charge in [-0.25, -0.2) is 0 Å². The molecule has 0 aliphatic heterocycles. The molecule has 0 heterocycles. The van der Waals surface area contributed by atoms with Crippen molar-refractivity contribution in [3.63, 3.8) is 0 Å². The first-order valence-electron chi connectivity index (χ1n) is 4.11. The van der Waals surface area contributed by atoms with Crippen molar-refractivity contribution >= 4 is 6.29 Å². The van der Waals surface area contributed by atoms with E-state index >= 15 is 0 Å². The molecule has 1 atom stereocenters. The van der Waals surface area contributed by atoms with Gasteiger partial charge in [0, 0.05) is 0 Å². The maximum Gasteiger partial charge on any atom is 0.141 e. The lowest BCUT2D eigenvalue weighted by atomic mass is 9.93. The van der Waals surface area contributed by atoms with Crippen molar-refractivity contribution in [2.45, 2.75) is 19.8 Å². The summed E-state index contributed by atoms with van der Waals surface area (Å²) >= 11 is 0. The van der Waals surface area contributed by atoms with Crippen molar-refractivity contribution in [2.75, 3.05) is 0 Å². The maximum absolute atomic E-state index is 10.6. The summed E-state index contributed by atoms with van der Waals surface area (Å²) in [6, 6.07) is 7.73. The smallest absolute Gasteiger partial charge is 0.141 e. The molecule has 1 rings (SSSR count). The van der Waals surface area contributed by atoms with Gasteiger partial charge in [0.05, 0.1) is 6.07 Å². The van der Waals surface area contributed by atoms with Crippen molar-refractivity contribution < 1.29 is 4.79 Å². The van der Waals surface area contributed by atoms with Crippen LogP contribution >= 0.6 is 0 Å². The number of nitriles is 1. The van der Waals surface area contributed by atoms with Crippen LogP contribution in [0.3, 0.4) is 0 Å². The highest BCUT2D eigenvalue weighted by Crippen LogP contribution is 2.21. The van der Waals surface area contributed by atoms with Gasteiger partial charge in [0.2, 0.25) is 0 Å². The zero-order valence-corrected chi connectivity index (χ0v) is 7.74. The monoisotopic (exact) mass is 173 g/mol. The van der Waals surface area contributed by atoms with E-state index in [1.807, 2.05) is 38.1 Å². The Bertz CT molecular complexity index is 343. The first kappa shape index (κ1) is 9.47. The van der Waals surface area contributed by atoms with E-state index in [9.17, 15) is 4.79 Å². The first-order valence-corrected chi connectivity index (χ1v) is 4.11. The van der Waals surface area contributed by atoms with Crippen LogP contribution in [0.4, 0.5) is 0 Å². The number of carbonyl (C=O) groups excluding carboxylic acids is 1. The second kappa shape index (κ2) is 3.86. The van der Waals surface area contributed by atoms with Gasteiger partial charge in [-0.2, -0.15) is 5.26 Å². The fourth-order valence-corrected chi connectivity index (χ4v) is 1.48. The van der Waals surface area contributed by atoms with Gasteiger partial charge in [-0.1, -0.05) is 18.2 Å². The molecule has 0 amide bonds. The maximum atomic E-state index is 10.6. The lowest BCUT2D eigenvalue weighted by Crippen LogP contribution is -2.02. The molecule has 1 unspecified atom stereocenters. The van der Waals surface area contributed by atoms with E-state index in [2.05, 4.69) is 0 Å². The minimum atomic E-state index is -0.624. The molecule has 0 saturated heterocycles. The predicted octanol–water partition coefficient (Wildman–Crippen LogP) is 2.11. The third-order valence-electron chi connectivity index (χ3n) is 2.13. The number of aryl methyl sites for hydroxylation is 2. The molecule has 0 bridgehead atoms. The molecule has 1 aromatic carbocycles. The molecular weight excluding hydrogens is 162 g/mol. The summed E-state index contributed by atoms with van der Waals surface area (Å²) in [5.41, 5.74) is 2.84. The van der Waals surface area contributed by atoms with E-state index in [1.54, 1.807) is 0 Å². The van der Waals surface area contributed by atoms with Crippen LogP contribution in [-0.4, -0.2) is 6.29 Å². The summed E-state index contributed by atoms with van der Waals surface area (Å²) in [5, 5.41) is 8.75. The third kappa shape index (κ3) is 1.75. The van der Waals surface area contributed by atoms with Crippen LogP contribution in [0, 0.1) is 25.2 Å². The lowest BCUT2D eigenvalue weighted by Gasteiger charge is -2.09. The Morgan fingerprint density at radius 2 is 1.92 bits per heavy atom. The van der Waals surface area contributed by atoms with Gasteiger partial charge in [-0.3, -0.25) is 0 Å². The number of nitrogens with zero attached hydrogens (tertiary/aromatic N) is 1. The van der Waals surface area contributed by atoms with Crippen molar-refractivity contribution in [3.05, 3.63) is 34.9 Å². The van der Waals surface area contributed by atoms with E-state index in [0.29, 0.717) is 6.29 Å². The molecule has 0 aliphatic carbocycles. The Morgan fingerprint density at radius 3 is 2.31 bits per heavy atom. The predicted molar refractivity (Wildman–Crippen MR) is 50.3 cm³/mol. The van der Waals surface area contributed by atoms with Crippen LogP contribution < -0.4 is 0 Å². The fraction of sp³-hybridized carbons (Fsp3) is 0.273. The lowest BCUT2D eigenvalue weighted by molar-refractivity contribution is -0.108. The Labute approximate surface area is 77.8 Å². The first-order chi connectivity index (χ1) is 6.20. The van der Waals surface area contributed by atoms with Crippen LogP contribution in [0.5, 0.6) is 0 Å². The quantitative estimate of drug-likeness (QED) is 0.642. The summed E-state index contributed by atoms with van der Waals surface area (Å²) in [5.74, 6) is -0.624. The minimum Gasteiger partial charge on any atom is -0.302 e. The highest BCUT2D eigenvalue weighted by atomic mass is 16.1. The largest absolute Gasteiger partial charge is 0.302 e. The van der Waals surface area contributed by atoms with Gasteiger partial charge in [-0.05, 0) is 30.5 Å². The fourth-order valence-electron chi connectivity index (χ4n) is 1.48. The number of aldehydes is 1. The van der Waals surface area contributed by atoms with Gasteiger partial charge >= 0.3 is 0 Å². The molecule has 0 spiro atoms. The van der Waals surface area contributed by atoms with Crippen LogP contribution in [0.2, 0.25) is 0 Å². The van der Waals surface area contributed by atoms with Gasteiger partial charge in [0.15, 0.2) is 0 Å². The SMILES string of the molecule is Cc1cccc(C)c1C(C#N)C=O. The number of rotatable bonds is 2. The van der Waals surface area contributed by atoms with Crippen molar-refractivity contribution in [2.24, 2.45) is 0 Å². The van der Waals surface area contributed by atoms with Crippen molar-refractivity contribution in [3.8, 4) is 6.07 Å². The number of hydrogen-bond acceptors (Lipinski definition) is 2. The van der Waals surface area contributed by atoms with Gasteiger partial charge in [-0.15, -0.1) is 0 Å². The van der Waals surface area contributed by atoms with Crippen LogP contribution in [0.15, 0.2) is 18.2 Å². The normalized spacial score (nSPS) is 11.8. The van der Waals surface area contributed by atoms with E-state index in [1.165, 1.54) is 0 Å². The molecule has 0 N–H and O–H groups in total. The summed E-state index contributed by atoms with van der Waals surface area (Å²) in [6.45, 7) is 3.83. The summed E-state index contributed by atoms with van der Waals surface area (Å²) in [4.78, 5) is 10.6. The summed E-state index contributed by atoms with van der Waals surface area (Å²) < 4.78 is 0. The molecule has 0 radical (unpaired) electrons. The molecule has 13 heavy (non-hydrogen) atoms. The Hall–Kier alpha value is -1.62. The van der Waals surface area contributed by atoms with Gasteiger partial charge in [0.25, 0.3) is 0 Å². The second-order valence-corrected chi connectivity index (χ2v) is 3.05. The molecule has 66 valence electrons. The van der Waals surface area contributed by atoms with Crippen LogP contribution in [0.1, 0.15) is 22.6 Å². The summed E-state index contributed by atoms with van der Waals surface area (Å²) in [7, 11) is 0. The van der Waals surface area contributed by atoms with Crippen molar-refractivity contribution in [1.82, 2.24) is 0 Å². The Kier molecular flexibility index (Phi) is 2.81. The second-order valence-electron chi connectivity index (χ2n) is 3.05. The zero-order chi connectivity index (χ0) is 9.84. The molecule has 0 aromatic heterocycles. The van der Waals surface area contributed by atoms with Gasteiger partial charge in [0.1, 0.15) is 12.2 Å². The van der Waals surface area contributed by atoms with Gasteiger partial charge < -0.3 is 4.79 Å². The Morgan fingerprint density at radius 1 is 1.38 bits per heavy atom. The molecule has 0 fully saturated rings. The zero-order valence-electron chi connectivity index (χ0n) is 7.74. The molecular formula is C11H11NO. The molecule has 0 aliphatic rings. The molecule has 1 aromatic rings. The molecule has 0 saturated carbocycles.